The van der Waals surface area contributed by atoms with Crippen molar-refractivity contribution in [2.24, 2.45) is 0 Å². The number of nitrogens with zero attached hydrogens (tertiary/aromatic N) is 2. The number of carbonyl (C=O) groups is 2. The summed E-state index contributed by atoms with van der Waals surface area (Å²) >= 11 is 0. The zero-order valence-corrected chi connectivity index (χ0v) is 16.3. The van der Waals surface area contributed by atoms with Crippen LogP contribution in [0.25, 0.3) is 0 Å². The number of carboxylic acids is 1. The van der Waals surface area contributed by atoms with E-state index in [4.69, 9.17) is 5.11 Å². The number of aromatic carboxylic acids is 1. The maximum atomic E-state index is 12.2. The quantitative estimate of drug-likeness (QED) is 0.546. The van der Waals surface area contributed by atoms with Crippen LogP contribution in [0.15, 0.2) is 24.3 Å². The number of hydrazine groups is 1. The number of hydrogen-bond donors (Lipinski definition) is 2. The van der Waals surface area contributed by atoms with Gasteiger partial charge in [-0.15, -0.1) is 0 Å². The number of aliphatic hydroxyl groups excluding tert-OH is 1. The number of aliphatic hydroxyl groups is 1. The molecule has 2 N–H and O–H groups in total. The van der Waals surface area contributed by atoms with Crippen molar-refractivity contribution in [2.45, 2.75) is 70.9 Å². The number of benzene rings is 1. The van der Waals surface area contributed by atoms with E-state index in [1.165, 1.54) is 25.7 Å². The SMILES string of the molecule is CCCCCCCC[C@@H](O)N1CCC(=O)N1CCc1ccc(C(=O)O)cc1. The molecule has 6 nitrogen and oxygen atoms in total. The Hall–Kier alpha value is -1.92. The van der Waals surface area contributed by atoms with Gasteiger partial charge in [-0.05, 0) is 37.0 Å². The number of carbonyl (C=O) groups excluding carboxylic acids is 1. The van der Waals surface area contributed by atoms with Crippen LogP contribution in [0.3, 0.4) is 0 Å². The number of rotatable bonds is 12. The van der Waals surface area contributed by atoms with Crippen LogP contribution in [0.5, 0.6) is 0 Å². The monoisotopic (exact) mass is 376 g/mol. The summed E-state index contributed by atoms with van der Waals surface area (Å²) in [5.74, 6) is -0.903. The molecule has 0 unspecified atom stereocenters. The van der Waals surface area contributed by atoms with E-state index in [0.29, 0.717) is 32.4 Å². The van der Waals surface area contributed by atoms with Crippen LogP contribution in [0.4, 0.5) is 0 Å². The van der Waals surface area contributed by atoms with Gasteiger partial charge in [-0.25, -0.2) is 4.79 Å². The van der Waals surface area contributed by atoms with Gasteiger partial charge in [-0.2, -0.15) is 5.01 Å². The summed E-state index contributed by atoms with van der Waals surface area (Å²) in [5.41, 5.74) is 1.23. The highest BCUT2D eigenvalue weighted by Crippen LogP contribution is 2.19. The molecule has 150 valence electrons. The topological polar surface area (TPSA) is 81.1 Å². The molecule has 0 radical (unpaired) electrons. The second-order valence-electron chi connectivity index (χ2n) is 7.22. The van der Waals surface area contributed by atoms with Crippen molar-refractivity contribution < 1.29 is 19.8 Å². The molecule has 0 spiro atoms. The average Bonchev–Trinajstić information content (AvgIpc) is 3.03. The predicted octanol–water partition coefficient (Wildman–Crippen LogP) is 3.45. The first-order chi connectivity index (χ1) is 13.0. The summed E-state index contributed by atoms with van der Waals surface area (Å²) in [4.78, 5) is 23.1. The first kappa shape index (κ1) is 21.4. The van der Waals surface area contributed by atoms with Crippen LogP contribution < -0.4 is 0 Å². The van der Waals surface area contributed by atoms with Gasteiger partial charge in [0.2, 0.25) is 5.91 Å². The lowest BCUT2D eigenvalue weighted by Crippen LogP contribution is -2.46. The lowest BCUT2D eigenvalue weighted by atomic mass is 10.1. The van der Waals surface area contributed by atoms with Crippen molar-refractivity contribution in [2.75, 3.05) is 13.1 Å². The van der Waals surface area contributed by atoms with Crippen LogP contribution in [0.1, 0.15) is 74.2 Å². The summed E-state index contributed by atoms with van der Waals surface area (Å²) in [7, 11) is 0. The van der Waals surface area contributed by atoms with Gasteiger partial charge in [0.1, 0.15) is 6.23 Å². The van der Waals surface area contributed by atoms with Gasteiger partial charge in [0, 0.05) is 19.5 Å². The Bertz CT molecular complexity index is 603. The molecule has 1 atom stereocenters. The van der Waals surface area contributed by atoms with E-state index in [9.17, 15) is 14.7 Å². The van der Waals surface area contributed by atoms with E-state index in [0.717, 1.165) is 18.4 Å². The molecular weight excluding hydrogens is 344 g/mol. The van der Waals surface area contributed by atoms with Crippen molar-refractivity contribution in [3.8, 4) is 0 Å². The Kier molecular flexibility index (Phi) is 8.75. The highest BCUT2D eigenvalue weighted by molar-refractivity contribution is 5.87. The molecule has 1 aromatic carbocycles. The summed E-state index contributed by atoms with van der Waals surface area (Å²) in [5, 5.41) is 22.9. The zero-order chi connectivity index (χ0) is 19.6. The largest absolute Gasteiger partial charge is 0.478 e. The first-order valence-electron chi connectivity index (χ1n) is 10.1. The van der Waals surface area contributed by atoms with Gasteiger partial charge in [0.25, 0.3) is 0 Å². The standard InChI is InChI=1S/C21H32N2O4/c1-2-3-4-5-6-7-8-19(24)23-16-14-20(25)22(23)15-13-17-9-11-18(12-10-17)21(26)27/h9-12,19,24H,2-8,13-16H2,1H3,(H,26,27)/t19-/m1/s1. The minimum atomic E-state index is -0.944. The molecule has 0 bridgehead atoms. The second-order valence-corrected chi connectivity index (χ2v) is 7.22. The molecule has 1 aliphatic heterocycles. The second kappa shape index (κ2) is 11.0. The molecule has 27 heavy (non-hydrogen) atoms. The molecule has 0 aliphatic carbocycles. The fourth-order valence-corrected chi connectivity index (χ4v) is 3.47. The number of carboxylic acid groups (broad SMARTS) is 1. The van der Waals surface area contributed by atoms with Gasteiger partial charge in [0.05, 0.1) is 5.56 Å². The maximum Gasteiger partial charge on any atom is 0.335 e. The third-order valence-electron chi connectivity index (χ3n) is 5.13. The van der Waals surface area contributed by atoms with Crippen LogP contribution in [-0.2, 0) is 11.2 Å². The molecule has 1 amide bonds. The number of amides is 1. The van der Waals surface area contributed by atoms with E-state index in [-0.39, 0.29) is 11.5 Å². The normalized spacial score (nSPS) is 16.1. The summed E-state index contributed by atoms with van der Waals surface area (Å²) in [6.07, 6.45) is 8.18. The zero-order valence-electron chi connectivity index (χ0n) is 16.3. The minimum Gasteiger partial charge on any atom is -0.478 e. The van der Waals surface area contributed by atoms with E-state index >= 15 is 0 Å². The molecule has 1 aliphatic rings. The van der Waals surface area contributed by atoms with Crippen LogP contribution in [0, 0.1) is 0 Å². The summed E-state index contributed by atoms with van der Waals surface area (Å²) in [6, 6.07) is 6.71. The Labute approximate surface area is 161 Å². The lowest BCUT2D eigenvalue weighted by Gasteiger charge is -2.32. The van der Waals surface area contributed by atoms with Crippen molar-refractivity contribution in [3.05, 3.63) is 35.4 Å². The van der Waals surface area contributed by atoms with Gasteiger partial charge in [-0.3, -0.25) is 9.80 Å². The van der Waals surface area contributed by atoms with Crippen LogP contribution in [0.2, 0.25) is 0 Å². The minimum absolute atomic E-state index is 0.0409. The molecule has 1 aromatic rings. The first-order valence-corrected chi connectivity index (χ1v) is 10.1. The summed E-state index contributed by atoms with van der Waals surface area (Å²) in [6.45, 7) is 3.26. The van der Waals surface area contributed by atoms with Gasteiger partial charge < -0.3 is 10.2 Å². The van der Waals surface area contributed by atoms with E-state index < -0.39 is 12.2 Å². The number of unbranched alkanes of at least 4 members (excludes halogenated alkanes) is 5. The van der Waals surface area contributed by atoms with Gasteiger partial charge in [0.15, 0.2) is 0 Å². The van der Waals surface area contributed by atoms with Gasteiger partial charge in [-0.1, -0.05) is 51.2 Å². The lowest BCUT2D eigenvalue weighted by molar-refractivity contribution is -0.155. The third kappa shape index (κ3) is 6.63. The predicted molar refractivity (Wildman–Crippen MR) is 104 cm³/mol. The van der Waals surface area contributed by atoms with Crippen LogP contribution >= 0.6 is 0 Å². The molecule has 1 fully saturated rings. The fraction of sp³-hybridized carbons (Fsp3) is 0.619. The molecular formula is C21H32N2O4. The van der Waals surface area contributed by atoms with E-state index in [2.05, 4.69) is 6.92 Å². The average molecular weight is 376 g/mol. The maximum absolute atomic E-state index is 12.2. The molecule has 6 heteroatoms. The van der Waals surface area contributed by atoms with Crippen molar-refractivity contribution >= 4 is 11.9 Å². The highest BCUT2D eigenvalue weighted by Gasteiger charge is 2.32. The summed E-state index contributed by atoms with van der Waals surface area (Å²) < 4.78 is 0. The molecule has 1 heterocycles. The Morgan fingerprint density at radius 1 is 1.11 bits per heavy atom. The van der Waals surface area contributed by atoms with E-state index in [1.807, 2.05) is 0 Å². The van der Waals surface area contributed by atoms with Gasteiger partial charge >= 0.3 is 5.97 Å². The smallest absolute Gasteiger partial charge is 0.335 e. The highest BCUT2D eigenvalue weighted by atomic mass is 16.4. The molecule has 0 saturated carbocycles. The Morgan fingerprint density at radius 2 is 1.78 bits per heavy atom. The van der Waals surface area contributed by atoms with Crippen molar-refractivity contribution in [3.63, 3.8) is 0 Å². The number of hydrogen-bond acceptors (Lipinski definition) is 4. The van der Waals surface area contributed by atoms with Crippen molar-refractivity contribution in [1.29, 1.82) is 0 Å². The molecule has 2 rings (SSSR count). The molecule has 0 aromatic heterocycles. The Balaban J connectivity index is 1.79. The van der Waals surface area contributed by atoms with E-state index in [1.54, 1.807) is 34.3 Å². The fourth-order valence-electron chi connectivity index (χ4n) is 3.47. The third-order valence-corrected chi connectivity index (χ3v) is 5.13. The van der Waals surface area contributed by atoms with Crippen molar-refractivity contribution in [1.82, 2.24) is 10.0 Å². The molecule has 1 saturated heterocycles. The Morgan fingerprint density at radius 3 is 2.44 bits per heavy atom. The van der Waals surface area contributed by atoms with Crippen LogP contribution in [-0.4, -0.2) is 51.4 Å².